The SMILES string of the molecule is C=CCNC(=S)N(Cc1cccc(Cl)c1Cl)C[C@@H](NC(=O)Cc1cncn1Cc1ccc([N+](=O)[O-])cc1)[C@@H](C)CC. The summed E-state index contributed by atoms with van der Waals surface area (Å²) in [7, 11) is 0. The summed E-state index contributed by atoms with van der Waals surface area (Å²) in [6.45, 7) is 9.72. The Balaban J connectivity index is 1.74. The van der Waals surface area contributed by atoms with Crippen LogP contribution < -0.4 is 10.6 Å². The number of nitro groups is 1. The smallest absolute Gasteiger partial charge is 0.269 e. The maximum Gasteiger partial charge on any atom is 0.269 e. The first-order chi connectivity index (χ1) is 19.6. The quantitative estimate of drug-likeness (QED) is 0.102. The van der Waals surface area contributed by atoms with Gasteiger partial charge in [0.1, 0.15) is 0 Å². The first kappa shape index (κ1) is 32.0. The van der Waals surface area contributed by atoms with Gasteiger partial charge in [-0.2, -0.15) is 0 Å². The zero-order valence-corrected chi connectivity index (χ0v) is 25.4. The molecule has 0 aliphatic carbocycles. The van der Waals surface area contributed by atoms with E-state index in [2.05, 4.69) is 36.0 Å². The third-order valence-corrected chi connectivity index (χ3v) is 8.07. The highest BCUT2D eigenvalue weighted by Gasteiger charge is 2.24. The molecule has 41 heavy (non-hydrogen) atoms. The second kappa shape index (κ2) is 15.5. The molecule has 0 saturated carbocycles. The van der Waals surface area contributed by atoms with Crippen molar-refractivity contribution in [3.05, 3.63) is 105 Å². The fourth-order valence-electron chi connectivity index (χ4n) is 4.24. The molecule has 2 atom stereocenters. The first-order valence-electron chi connectivity index (χ1n) is 13.2. The van der Waals surface area contributed by atoms with Gasteiger partial charge >= 0.3 is 0 Å². The van der Waals surface area contributed by atoms with Crippen molar-refractivity contribution in [1.82, 2.24) is 25.1 Å². The third kappa shape index (κ3) is 9.27. The van der Waals surface area contributed by atoms with Crippen LogP contribution in [0.4, 0.5) is 5.69 Å². The summed E-state index contributed by atoms with van der Waals surface area (Å²) < 4.78 is 1.86. The van der Waals surface area contributed by atoms with Crippen LogP contribution in [0.5, 0.6) is 0 Å². The van der Waals surface area contributed by atoms with Crippen LogP contribution in [-0.4, -0.2) is 49.5 Å². The second-order valence-corrected chi connectivity index (χ2v) is 10.9. The molecule has 1 aromatic heterocycles. The highest BCUT2D eigenvalue weighted by Crippen LogP contribution is 2.27. The number of rotatable bonds is 14. The number of carbonyl (C=O) groups excluding carboxylic acids is 1. The summed E-state index contributed by atoms with van der Waals surface area (Å²) >= 11 is 18.4. The molecule has 0 aliphatic heterocycles. The van der Waals surface area contributed by atoms with E-state index in [0.717, 1.165) is 23.2 Å². The number of non-ortho nitro benzene ring substituents is 1. The van der Waals surface area contributed by atoms with Gasteiger partial charge in [-0.3, -0.25) is 14.9 Å². The Morgan fingerprint density at radius 2 is 2.00 bits per heavy atom. The van der Waals surface area contributed by atoms with E-state index in [9.17, 15) is 14.9 Å². The van der Waals surface area contributed by atoms with Crippen LogP contribution in [0.2, 0.25) is 10.0 Å². The Labute approximate surface area is 255 Å². The molecule has 218 valence electrons. The maximum absolute atomic E-state index is 13.3. The van der Waals surface area contributed by atoms with Crippen LogP contribution in [-0.2, 0) is 24.3 Å². The lowest BCUT2D eigenvalue weighted by atomic mass is 9.98. The first-order valence-corrected chi connectivity index (χ1v) is 14.4. The lowest BCUT2D eigenvalue weighted by Gasteiger charge is -2.33. The second-order valence-electron chi connectivity index (χ2n) is 9.74. The van der Waals surface area contributed by atoms with Gasteiger partial charge in [-0.15, -0.1) is 6.58 Å². The summed E-state index contributed by atoms with van der Waals surface area (Å²) in [5.74, 6) is 0.00923. The molecule has 0 radical (unpaired) electrons. The van der Waals surface area contributed by atoms with Crippen molar-refractivity contribution in [2.24, 2.45) is 5.92 Å². The maximum atomic E-state index is 13.3. The van der Waals surface area contributed by atoms with Crippen LogP contribution in [0.15, 0.2) is 67.6 Å². The zero-order chi connectivity index (χ0) is 29.9. The number of imidazole rings is 1. The number of nitrogens with zero attached hydrogens (tertiary/aromatic N) is 4. The molecule has 0 fully saturated rings. The highest BCUT2D eigenvalue weighted by molar-refractivity contribution is 7.80. The van der Waals surface area contributed by atoms with Gasteiger partial charge in [0, 0.05) is 56.2 Å². The molecular formula is C29H34Cl2N6O3S. The molecule has 0 unspecified atom stereocenters. The third-order valence-electron chi connectivity index (χ3n) is 6.81. The van der Waals surface area contributed by atoms with Crippen molar-refractivity contribution in [2.75, 3.05) is 13.1 Å². The lowest BCUT2D eigenvalue weighted by Crippen LogP contribution is -2.51. The number of aromatic nitrogens is 2. The zero-order valence-electron chi connectivity index (χ0n) is 23.1. The molecule has 2 aromatic carbocycles. The van der Waals surface area contributed by atoms with Crippen molar-refractivity contribution in [1.29, 1.82) is 0 Å². The number of nitrogens with one attached hydrogen (secondary N) is 2. The van der Waals surface area contributed by atoms with Crippen molar-refractivity contribution < 1.29 is 9.72 Å². The summed E-state index contributed by atoms with van der Waals surface area (Å²) in [6, 6.07) is 11.6. The molecule has 0 saturated heterocycles. The number of hydrogen-bond acceptors (Lipinski definition) is 5. The largest absolute Gasteiger partial charge is 0.359 e. The van der Waals surface area contributed by atoms with E-state index in [-0.39, 0.29) is 30.0 Å². The van der Waals surface area contributed by atoms with Crippen LogP contribution in [0.3, 0.4) is 0 Å². The van der Waals surface area contributed by atoms with Crippen molar-refractivity contribution >= 4 is 52.1 Å². The van der Waals surface area contributed by atoms with Gasteiger partial charge in [0.2, 0.25) is 5.91 Å². The Hall–Kier alpha value is -3.47. The number of carbonyl (C=O) groups is 1. The van der Waals surface area contributed by atoms with Gasteiger partial charge in [0.25, 0.3) is 5.69 Å². The van der Waals surface area contributed by atoms with Crippen molar-refractivity contribution in [3.8, 4) is 0 Å². The molecular weight excluding hydrogens is 583 g/mol. The van der Waals surface area contributed by atoms with E-state index < -0.39 is 4.92 Å². The average Bonchev–Trinajstić information content (AvgIpc) is 3.38. The van der Waals surface area contributed by atoms with Gasteiger partial charge in [0.15, 0.2) is 5.11 Å². The number of thiocarbonyl (C=S) groups is 1. The molecule has 3 rings (SSSR count). The number of amides is 1. The fourth-order valence-corrected chi connectivity index (χ4v) is 4.84. The van der Waals surface area contributed by atoms with E-state index in [4.69, 9.17) is 35.4 Å². The summed E-state index contributed by atoms with van der Waals surface area (Å²) in [4.78, 5) is 30.0. The normalized spacial score (nSPS) is 12.3. The minimum atomic E-state index is -0.433. The van der Waals surface area contributed by atoms with Gasteiger partial charge in [0.05, 0.1) is 27.7 Å². The number of halogens is 2. The Bertz CT molecular complexity index is 1360. The van der Waals surface area contributed by atoms with Crippen LogP contribution in [0, 0.1) is 16.0 Å². The molecule has 1 amide bonds. The van der Waals surface area contributed by atoms with E-state index >= 15 is 0 Å². The van der Waals surface area contributed by atoms with Crippen LogP contribution in [0.25, 0.3) is 0 Å². The molecule has 9 nitrogen and oxygen atoms in total. The highest BCUT2D eigenvalue weighted by atomic mass is 35.5. The molecule has 0 aliphatic rings. The van der Waals surface area contributed by atoms with E-state index in [1.807, 2.05) is 21.6 Å². The van der Waals surface area contributed by atoms with Gasteiger partial charge < -0.3 is 20.1 Å². The van der Waals surface area contributed by atoms with E-state index in [0.29, 0.717) is 41.3 Å². The van der Waals surface area contributed by atoms with Crippen molar-refractivity contribution in [3.63, 3.8) is 0 Å². The lowest BCUT2D eigenvalue weighted by molar-refractivity contribution is -0.384. The van der Waals surface area contributed by atoms with Gasteiger partial charge in [-0.05, 0) is 35.3 Å². The minimum absolute atomic E-state index is 0.0286. The van der Waals surface area contributed by atoms with E-state index in [1.165, 1.54) is 12.1 Å². The topological polar surface area (TPSA) is 105 Å². The molecule has 0 bridgehead atoms. The molecule has 1 heterocycles. The Kier molecular flexibility index (Phi) is 12.1. The minimum Gasteiger partial charge on any atom is -0.359 e. The summed E-state index contributed by atoms with van der Waals surface area (Å²) in [5.41, 5.74) is 2.45. The predicted molar refractivity (Wildman–Crippen MR) is 167 cm³/mol. The number of nitro benzene ring substituents is 1. The number of hydrogen-bond donors (Lipinski definition) is 2. The molecule has 3 aromatic rings. The van der Waals surface area contributed by atoms with E-state index in [1.54, 1.807) is 36.8 Å². The Morgan fingerprint density at radius 3 is 2.66 bits per heavy atom. The predicted octanol–water partition coefficient (Wildman–Crippen LogP) is 5.78. The van der Waals surface area contributed by atoms with Gasteiger partial charge in [-0.1, -0.05) is 73.8 Å². The molecule has 2 N–H and O–H groups in total. The van der Waals surface area contributed by atoms with Crippen LogP contribution in [0.1, 0.15) is 37.1 Å². The van der Waals surface area contributed by atoms with Gasteiger partial charge in [-0.25, -0.2) is 4.98 Å². The monoisotopic (exact) mass is 616 g/mol. The number of benzene rings is 2. The van der Waals surface area contributed by atoms with Crippen LogP contribution >= 0.6 is 35.4 Å². The Morgan fingerprint density at radius 1 is 1.27 bits per heavy atom. The fraction of sp³-hybridized carbons (Fsp3) is 0.345. The molecule has 12 heteroatoms. The standard InChI is InChI=1S/C29H34Cl2N6O3S/c1-4-13-33-29(41)35(17-22-7-6-8-25(30)28(22)31)18-26(20(3)5-2)34-27(38)14-24-15-32-19-36(24)16-21-9-11-23(12-10-21)37(39)40/h4,6-12,15,19-20,26H,1,5,13-14,16-18H2,2-3H3,(H,33,41)(H,34,38)/t20-,26+/m0/s1. The molecule has 0 spiro atoms. The summed E-state index contributed by atoms with van der Waals surface area (Å²) in [6.07, 6.45) is 6.01. The average molecular weight is 618 g/mol. The van der Waals surface area contributed by atoms with Crippen molar-refractivity contribution in [2.45, 2.75) is 45.8 Å². The summed E-state index contributed by atoms with van der Waals surface area (Å²) in [5, 5.41) is 18.8.